The van der Waals surface area contributed by atoms with E-state index in [1.165, 1.54) is 40.3 Å². The first kappa shape index (κ1) is 14.5. The van der Waals surface area contributed by atoms with Gasteiger partial charge < -0.3 is 4.42 Å². The van der Waals surface area contributed by atoms with E-state index < -0.39 is 10.0 Å². The quantitative estimate of drug-likeness (QED) is 0.715. The number of hydrogen-bond acceptors (Lipinski definition) is 6. The molecule has 0 aromatic carbocycles. The molecular formula is C13H12N2O3S3. The summed E-state index contributed by atoms with van der Waals surface area (Å²) in [4.78, 5) is 5.25. The van der Waals surface area contributed by atoms with Gasteiger partial charge in [-0.05, 0) is 22.9 Å². The number of hydrogen-bond donors (Lipinski definition) is 0. The number of nitrogens with zero attached hydrogens (tertiary/aromatic N) is 2. The third-order valence-electron chi connectivity index (χ3n) is 2.83. The second-order valence-corrected chi connectivity index (χ2v) is 8.48. The van der Waals surface area contributed by atoms with Crippen molar-refractivity contribution in [3.8, 4) is 10.8 Å². The van der Waals surface area contributed by atoms with Gasteiger partial charge in [-0.3, -0.25) is 0 Å². The molecule has 0 spiro atoms. The molecule has 110 valence electrons. The predicted molar refractivity (Wildman–Crippen MR) is 82.8 cm³/mol. The smallest absolute Gasteiger partial charge is 0.252 e. The summed E-state index contributed by atoms with van der Waals surface area (Å²) in [7, 11) is -1.93. The molecule has 3 heterocycles. The number of sulfonamides is 1. The molecule has 5 nitrogen and oxygen atoms in total. The van der Waals surface area contributed by atoms with Gasteiger partial charge in [0.25, 0.3) is 10.0 Å². The maximum atomic E-state index is 12.3. The molecule has 0 aliphatic heterocycles. The van der Waals surface area contributed by atoms with E-state index >= 15 is 0 Å². The minimum atomic E-state index is -3.47. The maximum Gasteiger partial charge on any atom is 0.252 e. The first-order valence-corrected chi connectivity index (χ1v) is 9.25. The Morgan fingerprint density at radius 3 is 2.67 bits per heavy atom. The fourth-order valence-corrected chi connectivity index (χ4v) is 4.77. The zero-order chi connectivity index (χ0) is 14.9. The van der Waals surface area contributed by atoms with E-state index in [1.54, 1.807) is 17.5 Å². The van der Waals surface area contributed by atoms with Crippen LogP contribution in [0.2, 0.25) is 0 Å². The lowest BCUT2D eigenvalue weighted by Gasteiger charge is -2.13. The van der Waals surface area contributed by atoms with Crippen LogP contribution >= 0.6 is 22.7 Å². The van der Waals surface area contributed by atoms with Gasteiger partial charge in [-0.1, -0.05) is 12.1 Å². The number of oxazole rings is 1. The van der Waals surface area contributed by atoms with E-state index in [4.69, 9.17) is 4.42 Å². The van der Waals surface area contributed by atoms with Gasteiger partial charge in [0.15, 0.2) is 0 Å². The normalized spacial score (nSPS) is 12.1. The molecule has 0 radical (unpaired) electrons. The zero-order valence-corrected chi connectivity index (χ0v) is 13.5. The van der Waals surface area contributed by atoms with E-state index in [2.05, 4.69) is 4.98 Å². The van der Waals surface area contributed by atoms with Crippen LogP contribution < -0.4 is 0 Å². The Morgan fingerprint density at radius 1 is 1.24 bits per heavy atom. The third kappa shape index (κ3) is 2.93. The molecule has 0 aliphatic carbocycles. The third-order valence-corrected chi connectivity index (χ3v) is 6.86. The molecule has 0 aliphatic rings. The molecule has 0 saturated carbocycles. The molecule has 21 heavy (non-hydrogen) atoms. The van der Waals surface area contributed by atoms with Crippen molar-refractivity contribution in [1.29, 1.82) is 0 Å². The van der Waals surface area contributed by atoms with Crippen molar-refractivity contribution in [2.24, 2.45) is 0 Å². The van der Waals surface area contributed by atoms with E-state index in [0.29, 0.717) is 15.8 Å². The highest BCUT2D eigenvalue weighted by atomic mass is 32.2. The summed E-state index contributed by atoms with van der Waals surface area (Å²) in [6, 6.07) is 7.14. The fourth-order valence-electron chi connectivity index (χ4n) is 1.77. The van der Waals surface area contributed by atoms with Gasteiger partial charge in [-0.2, -0.15) is 4.31 Å². The molecule has 0 fully saturated rings. The lowest BCUT2D eigenvalue weighted by molar-refractivity contribution is 0.462. The summed E-state index contributed by atoms with van der Waals surface area (Å²) >= 11 is 2.73. The van der Waals surface area contributed by atoms with E-state index in [0.717, 1.165) is 4.88 Å². The van der Waals surface area contributed by atoms with Gasteiger partial charge in [0.05, 0.1) is 17.1 Å². The van der Waals surface area contributed by atoms with Gasteiger partial charge in [-0.25, -0.2) is 13.4 Å². The van der Waals surface area contributed by atoms with Crippen LogP contribution in [0.25, 0.3) is 10.8 Å². The van der Waals surface area contributed by atoms with Gasteiger partial charge in [0.2, 0.25) is 5.89 Å². The summed E-state index contributed by atoms with van der Waals surface area (Å²) in [5.41, 5.74) is 0.584. The van der Waals surface area contributed by atoms with E-state index in [9.17, 15) is 8.42 Å². The highest BCUT2D eigenvalue weighted by molar-refractivity contribution is 7.91. The Hall–Kier alpha value is -1.48. The first-order valence-electron chi connectivity index (χ1n) is 6.05. The Bertz CT molecular complexity index is 805. The van der Waals surface area contributed by atoms with Crippen LogP contribution in [0, 0.1) is 0 Å². The monoisotopic (exact) mass is 340 g/mol. The van der Waals surface area contributed by atoms with Crippen molar-refractivity contribution >= 4 is 32.7 Å². The maximum absolute atomic E-state index is 12.3. The van der Waals surface area contributed by atoms with Gasteiger partial charge in [-0.15, -0.1) is 22.7 Å². The van der Waals surface area contributed by atoms with Crippen LogP contribution in [0.1, 0.15) is 5.69 Å². The van der Waals surface area contributed by atoms with Crippen LogP contribution in [-0.4, -0.2) is 24.8 Å². The summed E-state index contributed by atoms with van der Waals surface area (Å²) in [5, 5.41) is 3.68. The average molecular weight is 340 g/mol. The molecule has 3 rings (SSSR count). The number of aromatic nitrogens is 1. The highest BCUT2D eigenvalue weighted by Gasteiger charge is 2.23. The lowest BCUT2D eigenvalue weighted by atomic mass is 10.4. The molecule has 0 N–H and O–H groups in total. The van der Waals surface area contributed by atoms with Crippen molar-refractivity contribution < 1.29 is 12.8 Å². The van der Waals surface area contributed by atoms with Crippen LogP contribution in [0.15, 0.2) is 49.9 Å². The Balaban J connectivity index is 1.78. The van der Waals surface area contributed by atoms with Crippen molar-refractivity contribution in [3.63, 3.8) is 0 Å². The standard InChI is InChI=1S/C13H12N2O3S3/c1-15(21(16,17)12-5-3-7-20-12)8-10-9-18-13(14-10)11-4-2-6-19-11/h2-7,9H,8H2,1H3. The summed E-state index contributed by atoms with van der Waals surface area (Å²) in [6.07, 6.45) is 1.50. The van der Waals surface area contributed by atoms with Crippen molar-refractivity contribution in [2.45, 2.75) is 10.8 Å². The highest BCUT2D eigenvalue weighted by Crippen LogP contribution is 2.25. The molecule has 0 bridgehead atoms. The summed E-state index contributed by atoms with van der Waals surface area (Å²) in [6.45, 7) is 0.176. The number of thiophene rings is 2. The molecule has 0 unspecified atom stereocenters. The SMILES string of the molecule is CN(Cc1coc(-c2cccs2)n1)S(=O)(=O)c1cccs1. The van der Waals surface area contributed by atoms with Crippen molar-refractivity contribution in [2.75, 3.05) is 7.05 Å². The van der Waals surface area contributed by atoms with Crippen LogP contribution in [0.3, 0.4) is 0 Å². The Kier molecular flexibility index (Phi) is 3.94. The Morgan fingerprint density at radius 2 is 2.00 bits per heavy atom. The lowest BCUT2D eigenvalue weighted by Crippen LogP contribution is -2.25. The molecule has 3 aromatic heterocycles. The fraction of sp³-hybridized carbons (Fsp3) is 0.154. The van der Waals surface area contributed by atoms with E-state index in [1.807, 2.05) is 17.5 Å². The zero-order valence-electron chi connectivity index (χ0n) is 11.1. The number of rotatable bonds is 5. The van der Waals surface area contributed by atoms with E-state index in [-0.39, 0.29) is 6.54 Å². The Labute approximate surface area is 130 Å². The molecule has 8 heteroatoms. The second kappa shape index (κ2) is 5.72. The minimum absolute atomic E-state index is 0.176. The summed E-state index contributed by atoms with van der Waals surface area (Å²) in [5.74, 6) is 0.516. The van der Waals surface area contributed by atoms with Gasteiger partial charge >= 0.3 is 0 Å². The topological polar surface area (TPSA) is 63.4 Å². The van der Waals surface area contributed by atoms with Crippen LogP contribution in [-0.2, 0) is 16.6 Å². The summed E-state index contributed by atoms with van der Waals surface area (Å²) < 4.78 is 31.6. The molecule has 3 aromatic rings. The van der Waals surface area contributed by atoms with Crippen LogP contribution in [0.5, 0.6) is 0 Å². The molecule has 0 saturated heterocycles. The second-order valence-electron chi connectivity index (χ2n) is 4.31. The largest absolute Gasteiger partial charge is 0.444 e. The first-order chi connectivity index (χ1) is 10.1. The van der Waals surface area contributed by atoms with Crippen LogP contribution in [0.4, 0.5) is 0 Å². The molecule has 0 atom stereocenters. The van der Waals surface area contributed by atoms with Gasteiger partial charge in [0.1, 0.15) is 10.5 Å². The predicted octanol–water partition coefficient (Wildman–Crippen LogP) is 3.29. The van der Waals surface area contributed by atoms with Gasteiger partial charge in [0, 0.05) is 7.05 Å². The van der Waals surface area contributed by atoms with Crippen molar-refractivity contribution in [3.05, 3.63) is 47.0 Å². The average Bonchev–Trinajstić information content (AvgIpc) is 3.20. The van der Waals surface area contributed by atoms with Crippen molar-refractivity contribution in [1.82, 2.24) is 9.29 Å². The minimum Gasteiger partial charge on any atom is -0.444 e. The molecule has 0 amide bonds. The molecular weight excluding hydrogens is 328 g/mol.